The summed E-state index contributed by atoms with van der Waals surface area (Å²) in [6.45, 7) is 0.861. The third-order valence-electron chi connectivity index (χ3n) is 3.76. The van der Waals surface area contributed by atoms with Crippen LogP contribution < -0.4 is 20.1 Å². The van der Waals surface area contributed by atoms with Gasteiger partial charge in [-0.2, -0.15) is 4.98 Å². The molecule has 1 fully saturated rings. The maximum Gasteiger partial charge on any atom is 0.249 e. The number of aromatic amines is 1. The smallest absolute Gasteiger partial charge is 0.249 e. The van der Waals surface area contributed by atoms with E-state index in [1.807, 2.05) is 6.07 Å². The van der Waals surface area contributed by atoms with Gasteiger partial charge in [-0.05, 0) is 31.5 Å². The highest BCUT2D eigenvalue weighted by Gasteiger charge is 2.23. The van der Waals surface area contributed by atoms with E-state index in [4.69, 9.17) is 9.47 Å². The summed E-state index contributed by atoms with van der Waals surface area (Å²) in [6, 6.07) is 5.22. The van der Waals surface area contributed by atoms with Crippen molar-refractivity contribution in [3.05, 3.63) is 18.2 Å². The molecular weight excluding hydrogens is 298 g/mol. The molecule has 8 nitrogen and oxygen atoms in total. The van der Waals surface area contributed by atoms with Crippen LogP contribution >= 0.6 is 0 Å². The molecule has 1 amide bonds. The maximum absolute atomic E-state index is 12.1. The van der Waals surface area contributed by atoms with Crippen molar-refractivity contribution in [2.24, 2.45) is 0 Å². The second-order valence-corrected chi connectivity index (χ2v) is 5.21. The normalized spacial score (nSPS) is 17.0. The van der Waals surface area contributed by atoms with Crippen molar-refractivity contribution < 1.29 is 14.3 Å². The van der Waals surface area contributed by atoms with Crippen molar-refractivity contribution in [1.29, 1.82) is 0 Å². The van der Waals surface area contributed by atoms with Crippen LogP contribution in [0.2, 0.25) is 0 Å². The molecule has 1 atom stereocenters. The number of methoxy groups -OCH3 is 2. The largest absolute Gasteiger partial charge is 0.497 e. The minimum absolute atomic E-state index is 0.116. The van der Waals surface area contributed by atoms with Gasteiger partial charge in [0, 0.05) is 6.07 Å². The first-order valence-electron chi connectivity index (χ1n) is 7.40. The Bertz CT molecular complexity index is 694. The molecule has 2 aromatic rings. The number of rotatable bonds is 5. The standard InChI is InChI=1S/C15H19N5O3/c1-22-9-5-6-10(12(8-9)23-2)13-17-15(20-19-13)18-14(21)11-4-3-7-16-11/h5-6,8,11,16H,3-4,7H2,1-2H3,(H2,17,18,19,20,21). The Morgan fingerprint density at radius 3 is 2.91 bits per heavy atom. The highest BCUT2D eigenvalue weighted by Crippen LogP contribution is 2.31. The molecule has 0 spiro atoms. The molecule has 23 heavy (non-hydrogen) atoms. The second kappa shape index (κ2) is 6.66. The Morgan fingerprint density at radius 2 is 2.22 bits per heavy atom. The van der Waals surface area contributed by atoms with Gasteiger partial charge in [0.1, 0.15) is 11.5 Å². The van der Waals surface area contributed by atoms with E-state index in [0.29, 0.717) is 17.3 Å². The molecule has 1 aliphatic heterocycles. The van der Waals surface area contributed by atoms with Gasteiger partial charge in [-0.25, -0.2) is 0 Å². The van der Waals surface area contributed by atoms with E-state index in [2.05, 4.69) is 25.8 Å². The number of benzene rings is 1. The molecule has 3 rings (SSSR count). The number of aromatic nitrogens is 3. The maximum atomic E-state index is 12.1. The van der Waals surface area contributed by atoms with Crippen molar-refractivity contribution in [3.8, 4) is 22.9 Å². The summed E-state index contributed by atoms with van der Waals surface area (Å²) in [4.78, 5) is 16.4. The molecule has 0 radical (unpaired) electrons. The van der Waals surface area contributed by atoms with Crippen LogP contribution in [0.15, 0.2) is 18.2 Å². The van der Waals surface area contributed by atoms with Gasteiger partial charge >= 0.3 is 0 Å². The lowest BCUT2D eigenvalue weighted by atomic mass is 10.2. The topological polar surface area (TPSA) is 101 Å². The van der Waals surface area contributed by atoms with Crippen LogP contribution in [0.5, 0.6) is 11.5 Å². The number of H-pyrrole nitrogens is 1. The van der Waals surface area contributed by atoms with Crippen LogP contribution in [0.4, 0.5) is 5.95 Å². The molecule has 1 saturated heterocycles. The van der Waals surface area contributed by atoms with Crippen molar-refractivity contribution in [2.75, 3.05) is 26.1 Å². The molecule has 8 heteroatoms. The van der Waals surface area contributed by atoms with Gasteiger partial charge < -0.3 is 14.8 Å². The number of nitrogens with zero attached hydrogens (tertiary/aromatic N) is 2. The number of carbonyl (C=O) groups excluding carboxylic acids is 1. The summed E-state index contributed by atoms with van der Waals surface area (Å²) in [5.41, 5.74) is 0.736. The van der Waals surface area contributed by atoms with E-state index < -0.39 is 0 Å². The van der Waals surface area contributed by atoms with E-state index in [1.54, 1.807) is 26.4 Å². The summed E-state index contributed by atoms with van der Waals surface area (Å²) in [6.07, 6.45) is 1.83. The Balaban J connectivity index is 1.77. The van der Waals surface area contributed by atoms with Gasteiger partial charge in [-0.15, -0.1) is 5.10 Å². The first kappa shape index (κ1) is 15.3. The SMILES string of the molecule is COc1ccc(-c2nc(NC(=O)C3CCCN3)n[nH]2)c(OC)c1. The molecule has 0 bridgehead atoms. The van der Waals surface area contributed by atoms with E-state index in [0.717, 1.165) is 24.9 Å². The minimum atomic E-state index is -0.174. The van der Waals surface area contributed by atoms with Gasteiger partial charge in [-0.1, -0.05) is 0 Å². The predicted molar refractivity (Wildman–Crippen MR) is 84.6 cm³/mol. The van der Waals surface area contributed by atoms with E-state index in [1.165, 1.54) is 0 Å². The molecule has 1 aromatic carbocycles. The number of carbonyl (C=O) groups is 1. The number of anilines is 1. The van der Waals surface area contributed by atoms with Crippen LogP contribution in [0.25, 0.3) is 11.4 Å². The van der Waals surface area contributed by atoms with E-state index in [-0.39, 0.29) is 17.9 Å². The Labute approximate surface area is 133 Å². The summed E-state index contributed by atoms with van der Waals surface area (Å²) in [5.74, 6) is 1.94. The summed E-state index contributed by atoms with van der Waals surface area (Å²) in [7, 11) is 3.16. The molecule has 0 aliphatic carbocycles. The van der Waals surface area contributed by atoms with Crippen LogP contribution in [-0.2, 0) is 4.79 Å². The Kier molecular flexibility index (Phi) is 4.42. The summed E-state index contributed by atoms with van der Waals surface area (Å²) < 4.78 is 10.5. The zero-order valence-electron chi connectivity index (χ0n) is 13.0. The lowest BCUT2D eigenvalue weighted by Crippen LogP contribution is -2.35. The summed E-state index contributed by atoms with van der Waals surface area (Å²) in [5, 5.41) is 12.7. The average Bonchev–Trinajstić information content (AvgIpc) is 3.26. The third-order valence-corrected chi connectivity index (χ3v) is 3.76. The Morgan fingerprint density at radius 1 is 1.35 bits per heavy atom. The van der Waals surface area contributed by atoms with Gasteiger partial charge in [-0.3, -0.25) is 15.2 Å². The van der Waals surface area contributed by atoms with Gasteiger partial charge in [0.15, 0.2) is 5.82 Å². The fourth-order valence-corrected chi connectivity index (χ4v) is 2.54. The molecule has 0 saturated carbocycles. The lowest BCUT2D eigenvalue weighted by molar-refractivity contribution is -0.117. The monoisotopic (exact) mass is 317 g/mol. The van der Waals surface area contributed by atoms with Crippen LogP contribution in [0.3, 0.4) is 0 Å². The van der Waals surface area contributed by atoms with Crippen molar-refractivity contribution in [1.82, 2.24) is 20.5 Å². The van der Waals surface area contributed by atoms with Crippen molar-refractivity contribution in [2.45, 2.75) is 18.9 Å². The Hall–Kier alpha value is -2.61. The molecule has 122 valence electrons. The minimum Gasteiger partial charge on any atom is -0.497 e. The highest BCUT2D eigenvalue weighted by atomic mass is 16.5. The predicted octanol–water partition coefficient (Wildman–Crippen LogP) is 1.18. The molecule has 2 heterocycles. The molecular formula is C15H19N5O3. The van der Waals surface area contributed by atoms with Crippen LogP contribution in [0, 0.1) is 0 Å². The van der Waals surface area contributed by atoms with Gasteiger partial charge in [0.05, 0.1) is 25.8 Å². The summed E-state index contributed by atoms with van der Waals surface area (Å²) >= 11 is 0. The fourth-order valence-electron chi connectivity index (χ4n) is 2.54. The number of ether oxygens (including phenoxy) is 2. The number of amides is 1. The zero-order valence-corrected chi connectivity index (χ0v) is 13.0. The zero-order chi connectivity index (χ0) is 16.2. The molecule has 1 unspecified atom stereocenters. The van der Waals surface area contributed by atoms with E-state index in [9.17, 15) is 4.79 Å². The number of hydrogen-bond donors (Lipinski definition) is 3. The number of nitrogens with one attached hydrogen (secondary N) is 3. The quantitative estimate of drug-likeness (QED) is 0.765. The van der Waals surface area contributed by atoms with E-state index >= 15 is 0 Å². The second-order valence-electron chi connectivity index (χ2n) is 5.21. The first-order chi connectivity index (χ1) is 11.2. The molecule has 3 N–H and O–H groups in total. The van der Waals surface area contributed by atoms with Crippen molar-refractivity contribution in [3.63, 3.8) is 0 Å². The number of hydrogen-bond acceptors (Lipinski definition) is 6. The van der Waals surface area contributed by atoms with Gasteiger partial charge in [0.25, 0.3) is 0 Å². The average molecular weight is 317 g/mol. The molecule has 1 aliphatic rings. The van der Waals surface area contributed by atoms with Crippen LogP contribution in [0.1, 0.15) is 12.8 Å². The lowest BCUT2D eigenvalue weighted by Gasteiger charge is -2.08. The first-order valence-corrected chi connectivity index (χ1v) is 7.40. The highest BCUT2D eigenvalue weighted by molar-refractivity contribution is 5.93. The van der Waals surface area contributed by atoms with Crippen molar-refractivity contribution >= 4 is 11.9 Å². The van der Waals surface area contributed by atoms with Gasteiger partial charge in [0.2, 0.25) is 11.9 Å². The third kappa shape index (κ3) is 3.26. The van der Waals surface area contributed by atoms with Crippen LogP contribution in [-0.4, -0.2) is 47.9 Å². The fraction of sp³-hybridized carbons (Fsp3) is 0.400. The molecule has 1 aromatic heterocycles.